The molecule has 1 heterocycles. The van der Waals surface area contributed by atoms with Crippen molar-refractivity contribution in [3.05, 3.63) is 29.1 Å². The number of imidazole rings is 1. The molecule has 1 aromatic heterocycles. The Hall–Kier alpha value is -1.35. The van der Waals surface area contributed by atoms with Gasteiger partial charge in [-0.2, -0.15) is 0 Å². The molecule has 2 rings (SSSR count). The third kappa shape index (κ3) is 3.35. The van der Waals surface area contributed by atoms with Crippen LogP contribution in [0.15, 0.2) is 12.1 Å². The molecule has 3 nitrogen and oxygen atoms in total. The normalized spacial score (nSPS) is 13.1. The van der Waals surface area contributed by atoms with Crippen molar-refractivity contribution in [1.29, 1.82) is 0 Å². The van der Waals surface area contributed by atoms with E-state index in [2.05, 4.69) is 37.9 Å². The number of aromatic nitrogens is 2. The molecule has 0 fully saturated rings. The molecule has 0 bridgehead atoms. The average molecular weight is 259 g/mol. The van der Waals surface area contributed by atoms with Gasteiger partial charge in [-0.3, -0.25) is 0 Å². The molecule has 0 aliphatic carbocycles. The van der Waals surface area contributed by atoms with Gasteiger partial charge in [-0.05, 0) is 62.4 Å². The maximum atomic E-state index is 5.65. The number of hydrogen-bond acceptors (Lipinski definition) is 2. The zero-order valence-corrected chi connectivity index (χ0v) is 12.3. The molecule has 0 saturated carbocycles. The van der Waals surface area contributed by atoms with E-state index in [1.165, 1.54) is 24.0 Å². The van der Waals surface area contributed by atoms with Crippen LogP contribution >= 0.6 is 0 Å². The number of H-pyrrole nitrogens is 1. The van der Waals surface area contributed by atoms with Gasteiger partial charge in [0.05, 0.1) is 11.0 Å². The minimum Gasteiger partial charge on any atom is -0.342 e. The van der Waals surface area contributed by atoms with Crippen LogP contribution in [0.5, 0.6) is 0 Å². The van der Waals surface area contributed by atoms with E-state index in [4.69, 9.17) is 10.7 Å². The van der Waals surface area contributed by atoms with Gasteiger partial charge in [-0.25, -0.2) is 4.98 Å². The second-order valence-electron chi connectivity index (χ2n) is 5.53. The van der Waals surface area contributed by atoms with Crippen molar-refractivity contribution in [2.75, 3.05) is 6.54 Å². The monoisotopic (exact) mass is 259 g/mol. The van der Waals surface area contributed by atoms with Crippen molar-refractivity contribution in [2.45, 2.75) is 46.5 Å². The Labute approximate surface area is 115 Å². The third-order valence-corrected chi connectivity index (χ3v) is 4.09. The fraction of sp³-hybridized carbons (Fsp3) is 0.562. The van der Waals surface area contributed by atoms with Gasteiger partial charge in [0.25, 0.3) is 0 Å². The molecule has 0 saturated heterocycles. The fourth-order valence-electron chi connectivity index (χ4n) is 2.57. The Morgan fingerprint density at radius 3 is 2.63 bits per heavy atom. The lowest BCUT2D eigenvalue weighted by atomic mass is 9.96. The maximum Gasteiger partial charge on any atom is 0.107 e. The summed E-state index contributed by atoms with van der Waals surface area (Å²) in [6.07, 6.45) is 4.52. The van der Waals surface area contributed by atoms with E-state index >= 15 is 0 Å². The largest absolute Gasteiger partial charge is 0.342 e. The molecule has 1 atom stereocenters. The first-order valence-electron chi connectivity index (χ1n) is 7.30. The Kier molecular flexibility index (Phi) is 4.59. The SMILES string of the molecule is CCC(CCN)CCc1nc2cc(C)c(C)cc2[nH]1. The van der Waals surface area contributed by atoms with Crippen molar-refractivity contribution < 1.29 is 0 Å². The number of aromatic amines is 1. The lowest BCUT2D eigenvalue weighted by Gasteiger charge is -2.11. The highest BCUT2D eigenvalue weighted by Crippen LogP contribution is 2.20. The summed E-state index contributed by atoms with van der Waals surface area (Å²) >= 11 is 0. The lowest BCUT2D eigenvalue weighted by Crippen LogP contribution is -2.09. The van der Waals surface area contributed by atoms with Gasteiger partial charge in [0.15, 0.2) is 0 Å². The fourth-order valence-corrected chi connectivity index (χ4v) is 2.57. The predicted octanol–water partition coefficient (Wildman–Crippen LogP) is 3.49. The molecule has 3 heteroatoms. The molecule has 0 aliphatic heterocycles. The van der Waals surface area contributed by atoms with Crippen LogP contribution in [0.2, 0.25) is 0 Å². The smallest absolute Gasteiger partial charge is 0.107 e. The summed E-state index contributed by atoms with van der Waals surface area (Å²) in [5.41, 5.74) is 10.5. The second-order valence-corrected chi connectivity index (χ2v) is 5.53. The average Bonchev–Trinajstić information content (AvgIpc) is 2.77. The van der Waals surface area contributed by atoms with Gasteiger partial charge >= 0.3 is 0 Å². The Morgan fingerprint density at radius 1 is 1.21 bits per heavy atom. The third-order valence-electron chi connectivity index (χ3n) is 4.09. The summed E-state index contributed by atoms with van der Waals surface area (Å²) in [6, 6.07) is 4.36. The van der Waals surface area contributed by atoms with Crippen LogP contribution in [0.4, 0.5) is 0 Å². The van der Waals surface area contributed by atoms with Crippen LogP contribution in [0.3, 0.4) is 0 Å². The number of benzene rings is 1. The number of nitrogens with two attached hydrogens (primary N) is 1. The lowest BCUT2D eigenvalue weighted by molar-refractivity contribution is 0.440. The van der Waals surface area contributed by atoms with Crippen LogP contribution in [0.25, 0.3) is 11.0 Å². The number of hydrogen-bond donors (Lipinski definition) is 2. The van der Waals surface area contributed by atoms with Crippen LogP contribution in [0, 0.1) is 19.8 Å². The van der Waals surface area contributed by atoms with Crippen LogP contribution in [-0.4, -0.2) is 16.5 Å². The first kappa shape index (κ1) is 14.1. The van der Waals surface area contributed by atoms with Gasteiger partial charge in [0, 0.05) is 6.42 Å². The van der Waals surface area contributed by atoms with Crippen molar-refractivity contribution in [2.24, 2.45) is 11.7 Å². The summed E-state index contributed by atoms with van der Waals surface area (Å²) < 4.78 is 0. The number of aryl methyl sites for hydroxylation is 3. The van der Waals surface area contributed by atoms with Crippen molar-refractivity contribution in [1.82, 2.24) is 9.97 Å². The van der Waals surface area contributed by atoms with Gasteiger partial charge in [0.2, 0.25) is 0 Å². The number of rotatable bonds is 6. The Morgan fingerprint density at radius 2 is 1.95 bits per heavy atom. The number of nitrogens with one attached hydrogen (secondary N) is 1. The van der Waals surface area contributed by atoms with E-state index < -0.39 is 0 Å². The number of nitrogens with zero attached hydrogens (tertiary/aromatic N) is 1. The van der Waals surface area contributed by atoms with Crippen molar-refractivity contribution in [3.8, 4) is 0 Å². The molecular weight excluding hydrogens is 234 g/mol. The topological polar surface area (TPSA) is 54.7 Å². The van der Waals surface area contributed by atoms with Crippen LogP contribution < -0.4 is 5.73 Å². The van der Waals surface area contributed by atoms with E-state index in [1.807, 2.05) is 0 Å². The predicted molar refractivity (Wildman–Crippen MR) is 81.3 cm³/mol. The molecule has 0 aliphatic rings. The van der Waals surface area contributed by atoms with E-state index in [-0.39, 0.29) is 0 Å². The standard InChI is InChI=1S/C16H25N3/c1-4-13(7-8-17)5-6-16-18-14-9-11(2)12(3)10-15(14)19-16/h9-10,13H,4-8,17H2,1-3H3,(H,18,19). The van der Waals surface area contributed by atoms with Crippen molar-refractivity contribution >= 4 is 11.0 Å². The summed E-state index contributed by atoms with van der Waals surface area (Å²) in [5.74, 6) is 1.83. The summed E-state index contributed by atoms with van der Waals surface area (Å²) in [7, 11) is 0. The quantitative estimate of drug-likeness (QED) is 0.834. The number of fused-ring (bicyclic) bond motifs is 1. The second kappa shape index (κ2) is 6.20. The first-order chi connectivity index (χ1) is 9.13. The highest BCUT2D eigenvalue weighted by Gasteiger charge is 2.09. The van der Waals surface area contributed by atoms with Gasteiger partial charge in [0.1, 0.15) is 5.82 Å². The van der Waals surface area contributed by atoms with Crippen LogP contribution in [-0.2, 0) is 6.42 Å². The Balaban J connectivity index is 2.09. The van der Waals surface area contributed by atoms with Crippen molar-refractivity contribution in [3.63, 3.8) is 0 Å². The molecule has 104 valence electrons. The van der Waals surface area contributed by atoms with E-state index in [1.54, 1.807) is 0 Å². The minimum atomic E-state index is 0.724. The zero-order chi connectivity index (χ0) is 13.8. The van der Waals surface area contributed by atoms with E-state index in [0.29, 0.717) is 0 Å². The highest BCUT2D eigenvalue weighted by atomic mass is 14.9. The molecule has 0 radical (unpaired) electrons. The van der Waals surface area contributed by atoms with E-state index in [0.717, 1.165) is 42.2 Å². The molecule has 19 heavy (non-hydrogen) atoms. The highest BCUT2D eigenvalue weighted by molar-refractivity contribution is 5.77. The summed E-state index contributed by atoms with van der Waals surface area (Å²) in [6.45, 7) is 7.31. The van der Waals surface area contributed by atoms with Gasteiger partial charge in [-0.15, -0.1) is 0 Å². The molecule has 0 amide bonds. The van der Waals surface area contributed by atoms with Gasteiger partial charge in [-0.1, -0.05) is 13.3 Å². The molecule has 1 unspecified atom stereocenters. The maximum absolute atomic E-state index is 5.65. The molecule has 2 aromatic rings. The first-order valence-corrected chi connectivity index (χ1v) is 7.30. The minimum absolute atomic E-state index is 0.724. The molecule has 0 spiro atoms. The zero-order valence-electron chi connectivity index (χ0n) is 12.3. The molecule has 1 aromatic carbocycles. The molecule has 3 N–H and O–H groups in total. The summed E-state index contributed by atoms with van der Waals surface area (Å²) in [5, 5.41) is 0. The molecular formula is C16H25N3. The van der Waals surface area contributed by atoms with E-state index in [9.17, 15) is 0 Å². The van der Waals surface area contributed by atoms with Crippen LogP contribution in [0.1, 0.15) is 43.1 Å². The summed E-state index contributed by atoms with van der Waals surface area (Å²) in [4.78, 5) is 8.14. The van der Waals surface area contributed by atoms with Gasteiger partial charge < -0.3 is 10.7 Å². The Bertz CT molecular complexity index is 503.